The van der Waals surface area contributed by atoms with Crippen LogP contribution < -0.4 is 0 Å². The first-order valence-corrected chi connectivity index (χ1v) is 12.4. The highest BCUT2D eigenvalue weighted by atomic mass is 31.2. The third-order valence-electron chi connectivity index (χ3n) is 4.15. The van der Waals surface area contributed by atoms with Crippen LogP contribution in [0.1, 0.15) is 110 Å². The number of aliphatic hydroxyl groups is 1. The summed E-state index contributed by atoms with van der Waals surface area (Å²) in [6.07, 6.45) is 22.2. The van der Waals surface area contributed by atoms with Crippen molar-refractivity contribution >= 4 is 16.5 Å². The number of rotatable bonds is 18. The van der Waals surface area contributed by atoms with E-state index in [4.69, 9.17) is 14.9 Å². The first kappa shape index (κ1) is 28.3. The summed E-state index contributed by atoms with van der Waals surface area (Å²) >= 11 is 0. The fraction of sp³-hybridized carbons (Fsp3) is 1.00. The van der Waals surface area contributed by atoms with Gasteiger partial charge in [0.05, 0.1) is 0 Å². The molecule has 0 heterocycles. The minimum atomic E-state index is -2.92. The second kappa shape index (κ2) is 25.0. The maximum atomic E-state index is 9.39. The minimum Gasteiger partial charge on any atom is -0.396 e. The average Bonchev–Trinajstić information content (AvgIpc) is 2.58. The molecule has 0 spiro atoms. The van der Waals surface area contributed by atoms with Gasteiger partial charge < -0.3 is 5.11 Å². The van der Waals surface area contributed by atoms with E-state index in [9.17, 15) is 9.13 Å². The number of aliphatic hydroxyl groups excluding tert-OH is 1. The van der Waals surface area contributed by atoms with Gasteiger partial charge in [-0.05, 0) is 6.42 Å². The van der Waals surface area contributed by atoms with Gasteiger partial charge in [0.25, 0.3) is 0 Å². The quantitative estimate of drug-likeness (QED) is 0.174. The Kier molecular flexibility index (Phi) is 27.2. The van der Waals surface area contributed by atoms with Crippen LogP contribution in [0.2, 0.25) is 0 Å². The third-order valence-corrected chi connectivity index (χ3v) is 5.27. The van der Waals surface area contributed by atoms with Crippen molar-refractivity contribution in [3.05, 3.63) is 0 Å². The fourth-order valence-electron chi connectivity index (χ4n) is 2.72. The minimum absolute atomic E-state index is 0.373. The lowest BCUT2D eigenvalue weighted by Crippen LogP contribution is -1.85. The molecule has 0 fully saturated rings. The van der Waals surface area contributed by atoms with Gasteiger partial charge in [-0.25, -0.2) is 0 Å². The molecule has 2 unspecified atom stereocenters. The second-order valence-electron chi connectivity index (χ2n) is 6.58. The van der Waals surface area contributed by atoms with Crippen LogP contribution in [0.25, 0.3) is 0 Å². The molecule has 0 aromatic carbocycles. The largest absolute Gasteiger partial charge is 0.745 e. The highest BCUT2D eigenvalue weighted by Gasteiger charge is 2.31. The highest BCUT2D eigenvalue weighted by molar-refractivity contribution is 7.46. The lowest BCUT2D eigenvalue weighted by molar-refractivity contribution is 0.282. The number of hydrogen-bond acceptors (Lipinski definition) is 4. The van der Waals surface area contributed by atoms with E-state index in [0.717, 1.165) is 6.42 Å². The molecule has 0 aliphatic carbocycles. The first-order valence-electron chi connectivity index (χ1n) is 10.2. The van der Waals surface area contributed by atoms with Crippen molar-refractivity contribution < 1.29 is 28.3 Å². The van der Waals surface area contributed by atoms with E-state index in [1.54, 1.807) is 0 Å². The predicted molar refractivity (Wildman–Crippen MR) is 107 cm³/mol. The van der Waals surface area contributed by atoms with Crippen LogP contribution in [0.3, 0.4) is 0 Å². The van der Waals surface area contributed by atoms with Crippen molar-refractivity contribution in [1.29, 1.82) is 0 Å². The van der Waals surface area contributed by atoms with Crippen LogP contribution in [0, 0.1) is 0 Å². The van der Waals surface area contributed by atoms with Crippen LogP contribution in [-0.4, -0.2) is 21.5 Å². The molecule has 6 nitrogen and oxygen atoms in total. The van der Waals surface area contributed by atoms with E-state index >= 15 is 0 Å². The smallest absolute Gasteiger partial charge is 0.396 e. The van der Waals surface area contributed by atoms with Crippen molar-refractivity contribution in [1.82, 2.24) is 0 Å². The number of hydrogen-bond donors (Lipinski definition) is 3. The van der Waals surface area contributed by atoms with Crippen LogP contribution in [0.5, 0.6) is 0 Å². The number of unbranched alkanes of at least 4 members (excludes halogenated alkanes) is 15. The summed E-state index contributed by atoms with van der Waals surface area (Å²) in [5, 5.41) is 8.67. The molecule has 0 saturated heterocycles. The summed E-state index contributed by atoms with van der Waals surface area (Å²) < 4.78 is 22.2. The summed E-state index contributed by atoms with van der Waals surface area (Å²) in [4.78, 5) is 15.3. The van der Waals surface area contributed by atoms with E-state index in [1.165, 1.54) is 96.3 Å². The van der Waals surface area contributed by atoms with Gasteiger partial charge in [-0.3, -0.25) is 0 Å². The summed E-state index contributed by atoms with van der Waals surface area (Å²) in [5.74, 6) is 0. The van der Waals surface area contributed by atoms with Gasteiger partial charge in [0, 0.05) is 15.7 Å². The van der Waals surface area contributed by atoms with E-state index in [2.05, 4.69) is 11.2 Å². The normalized spacial score (nSPS) is 11.7. The van der Waals surface area contributed by atoms with Crippen LogP contribution >= 0.6 is 16.5 Å². The molecular formula is C18H40O6P2+2. The van der Waals surface area contributed by atoms with Gasteiger partial charge in [0.2, 0.25) is 0 Å². The zero-order valence-electron chi connectivity index (χ0n) is 16.5. The van der Waals surface area contributed by atoms with Crippen molar-refractivity contribution in [2.24, 2.45) is 0 Å². The molecule has 26 heavy (non-hydrogen) atoms. The van der Waals surface area contributed by atoms with Crippen molar-refractivity contribution in [3.8, 4) is 0 Å². The van der Waals surface area contributed by atoms with E-state index in [1.807, 2.05) is 0 Å². The predicted octanol–water partition coefficient (Wildman–Crippen LogP) is 6.54. The van der Waals surface area contributed by atoms with Crippen molar-refractivity contribution in [2.75, 3.05) is 6.61 Å². The lowest BCUT2D eigenvalue weighted by Gasteiger charge is -2.03. The average molecular weight is 414 g/mol. The van der Waals surface area contributed by atoms with Gasteiger partial charge in [-0.1, -0.05) is 103 Å². The molecule has 0 aliphatic rings. The van der Waals surface area contributed by atoms with Gasteiger partial charge >= 0.3 is 16.5 Å². The Morgan fingerprint density at radius 3 is 1.04 bits per heavy atom. The van der Waals surface area contributed by atoms with Crippen LogP contribution in [0.15, 0.2) is 0 Å². The summed E-state index contributed by atoms with van der Waals surface area (Å²) in [6, 6.07) is 0. The molecule has 8 heteroatoms. The Bertz CT molecular complexity index is 288. The maximum Gasteiger partial charge on any atom is 0.745 e. The fourth-order valence-corrected chi connectivity index (χ4v) is 3.20. The maximum absolute atomic E-state index is 9.39. The molecule has 0 amide bonds. The molecule has 0 aromatic rings. The molecule has 156 valence electrons. The van der Waals surface area contributed by atoms with Crippen LogP contribution in [-0.2, 0) is 13.4 Å². The Morgan fingerprint density at radius 2 is 0.846 bits per heavy atom. The van der Waals surface area contributed by atoms with Gasteiger partial charge in [0.15, 0.2) is 4.31 Å². The van der Waals surface area contributed by atoms with Gasteiger partial charge in [0.1, 0.15) is 0 Å². The Balaban J connectivity index is 0. The van der Waals surface area contributed by atoms with E-state index < -0.39 is 16.5 Å². The summed E-state index contributed by atoms with van der Waals surface area (Å²) in [5.41, 5.74) is 0. The zero-order valence-corrected chi connectivity index (χ0v) is 18.3. The monoisotopic (exact) mass is 414 g/mol. The standard InChI is InChI=1S/C18H38O.O5P2/c1-2-3-4-5-6-7-8-9-10-11-12-13-14-15-16-17-18-19;1-6(2)5-7(3)4/h19H,2-18H2,1H3;/p+2. The molecule has 2 atom stereocenters. The van der Waals surface area contributed by atoms with Crippen molar-refractivity contribution in [3.63, 3.8) is 0 Å². The molecule has 0 radical (unpaired) electrons. The first-order chi connectivity index (χ1) is 12.5. The summed E-state index contributed by atoms with van der Waals surface area (Å²) in [6.45, 7) is 2.66. The third kappa shape index (κ3) is 31.8. The lowest BCUT2D eigenvalue weighted by atomic mass is 10.0. The Hall–Kier alpha value is 0.0400. The Labute approximate surface area is 161 Å². The van der Waals surface area contributed by atoms with Gasteiger partial charge in [-0.2, -0.15) is 0 Å². The topological polar surface area (TPSA) is 104 Å². The van der Waals surface area contributed by atoms with E-state index in [-0.39, 0.29) is 0 Å². The molecule has 0 aromatic heterocycles. The zero-order chi connectivity index (χ0) is 19.9. The molecule has 0 aliphatic heterocycles. The molecule has 3 N–H and O–H groups in total. The molecule has 0 rings (SSSR count). The molecular weight excluding hydrogens is 374 g/mol. The van der Waals surface area contributed by atoms with E-state index in [0.29, 0.717) is 6.61 Å². The highest BCUT2D eigenvalue weighted by Crippen LogP contribution is 2.30. The second-order valence-corrected chi connectivity index (χ2v) is 8.19. The van der Waals surface area contributed by atoms with Crippen molar-refractivity contribution in [2.45, 2.75) is 110 Å². The molecule has 0 bridgehead atoms. The summed E-state index contributed by atoms with van der Waals surface area (Å²) in [7, 11) is -5.85. The molecule has 0 saturated carbocycles. The van der Waals surface area contributed by atoms with Crippen LogP contribution in [0.4, 0.5) is 0 Å². The Morgan fingerprint density at radius 1 is 0.577 bits per heavy atom. The SMILES string of the molecule is CCCCCCCCCCCCCCCCCCO.O=[P+](O)O[P+](=O)O. The van der Waals surface area contributed by atoms with Gasteiger partial charge in [-0.15, -0.1) is 9.79 Å².